The van der Waals surface area contributed by atoms with Crippen molar-refractivity contribution in [1.29, 1.82) is 0 Å². The first-order chi connectivity index (χ1) is 13.2. The van der Waals surface area contributed by atoms with E-state index < -0.39 is 0 Å². The van der Waals surface area contributed by atoms with Gasteiger partial charge in [-0.05, 0) is 74.0 Å². The Kier molecular flexibility index (Phi) is 5.80. The fourth-order valence-electron chi connectivity index (χ4n) is 4.44. The van der Waals surface area contributed by atoms with E-state index in [2.05, 4.69) is 40.5 Å². The summed E-state index contributed by atoms with van der Waals surface area (Å²) in [6, 6.07) is 16.8. The number of likely N-dealkylation sites (tertiary alicyclic amines) is 1. The Labute approximate surface area is 166 Å². The number of aryl methyl sites for hydroxylation is 1. The van der Waals surface area contributed by atoms with Crippen LogP contribution in [0.4, 0.5) is 0 Å². The zero-order valence-corrected chi connectivity index (χ0v) is 16.4. The summed E-state index contributed by atoms with van der Waals surface area (Å²) in [6.45, 7) is 2.84. The van der Waals surface area contributed by atoms with Crippen LogP contribution in [0.25, 0.3) is 0 Å². The Morgan fingerprint density at radius 3 is 2.70 bits per heavy atom. The summed E-state index contributed by atoms with van der Waals surface area (Å²) in [6.07, 6.45) is 5.20. The number of hydrogen-bond acceptors (Lipinski definition) is 2. The van der Waals surface area contributed by atoms with E-state index in [4.69, 9.17) is 11.6 Å². The number of carbonyl (C=O) groups excluding carboxylic acids is 1. The number of amides is 1. The summed E-state index contributed by atoms with van der Waals surface area (Å²) in [7, 11) is 0. The largest absolute Gasteiger partial charge is 0.349 e. The van der Waals surface area contributed by atoms with Crippen LogP contribution >= 0.6 is 11.6 Å². The summed E-state index contributed by atoms with van der Waals surface area (Å²) in [5.41, 5.74) is 3.95. The van der Waals surface area contributed by atoms with E-state index in [0.29, 0.717) is 0 Å². The molecule has 2 aromatic carbocycles. The van der Waals surface area contributed by atoms with Crippen LogP contribution in [0.1, 0.15) is 48.4 Å². The molecule has 1 heterocycles. The lowest BCUT2D eigenvalue weighted by molar-refractivity contribution is -0.127. The standard InChI is InChI=1S/C23H27ClN2O/c24-20-8-3-5-17(15-20)16-26-13-11-19(12-14-26)23(27)25-22-10-4-7-18-6-1-2-9-21(18)22/h1-3,5-6,8-9,15,19,22H,4,7,10-14,16H2,(H,25,27)/t22-/m1/s1. The third-order valence-corrected chi connectivity index (χ3v) is 6.17. The van der Waals surface area contributed by atoms with E-state index in [-0.39, 0.29) is 17.9 Å². The van der Waals surface area contributed by atoms with Crippen molar-refractivity contribution in [3.05, 3.63) is 70.2 Å². The fraction of sp³-hybridized carbons (Fsp3) is 0.435. The van der Waals surface area contributed by atoms with Gasteiger partial charge in [-0.1, -0.05) is 48.0 Å². The molecule has 0 saturated carbocycles. The molecule has 2 aliphatic rings. The normalized spacial score (nSPS) is 20.9. The lowest BCUT2D eigenvalue weighted by atomic mass is 9.87. The van der Waals surface area contributed by atoms with Crippen molar-refractivity contribution in [3.63, 3.8) is 0 Å². The Morgan fingerprint density at radius 1 is 1.07 bits per heavy atom. The molecule has 2 aromatic rings. The van der Waals surface area contributed by atoms with Crippen molar-refractivity contribution in [3.8, 4) is 0 Å². The molecular weight excluding hydrogens is 356 g/mol. The van der Waals surface area contributed by atoms with Gasteiger partial charge in [0, 0.05) is 17.5 Å². The molecule has 0 unspecified atom stereocenters. The van der Waals surface area contributed by atoms with E-state index in [0.717, 1.165) is 56.8 Å². The van der Waals surface area contributed by atoms with Crippen LogP contribution in [0.3, 0.4) is 0 Å². The van der Waals surface area contributed by atoms with Gasteiger partial charge in [0.05, 0.1) is 6.04 Å². The SMILES string of the molecule is O=C(N[C@@H]1CCCc2ccccc21)C1CCN(Cc2cccc(Cl)c2)CC1. The van der Waals surface area contributed by atoms with Crippen LogP contribution in [0.15, 0.2) is 48.5 Å². The van der Waals surface area contributed by atoms with E-state index in [1.165, 1.54) is 16.7 Å². The number of nitrogens with zero attached hydrogens (tertiary/aromatic N) is 1. The zero-order chi connectivity index (χ0) is 18.6. The van der Waals surface area contributed by atoms with Crippen LogP contribution in [0, 0.1) is 5.92 Å². The van der Waals surface area contributed by atoms with Gasteiger partial charge in [0.1, 0.15) is 0 Å². The molecule has 1 amide bonds. The van der Waals surface area contributed by atoms with Crippen molar-refractivity contribution in [2.24, 2.45) is 5.92 Å². The van der Waals surface area contributed by atoms with Crippen LogP contribution in [-0.4, -0.2) is 23.9 Å². The first kappa shape index (κ1) is 18.5. The number of piperidine rings is 1. The smallest absolute Gasteiger partial charge is 0.223 e. The van der Waals surface area contributed by atoms with Gasteiger partial charge in [0.2, 0.25) is 5.91 Å². The van der Waals surface area contributed by atoms with Crippen LogP contribution in [0.2, 0.25) is 5.02 Å². The number of benzene rings is 2. The molecule has 27 heavy (non-hydrogen) atoms. The van der Waals surface area contributed by atoms with E-state index in [9.17, 15) is 4.79 Å². The Bertz CT molecular complexity index is 798. The molecule has 1 saturated heterocycles. The molecule has 1 atom stereocenters. The highest BCUT2D eigenvalue weighted by Crippen LogP contribution is 2.30. The van der Waals surface area contributed by atoms with E-state index in [1.807, 2.05) is 18.2 Å². The van der Waals surface area contributed by atoms with Crippen molar-refractivity contribution >= 4 is 17.5 Å². The Balaban J connectivity index is 1.30. The van der Waals surface area contributed by atoms with Crippen molar-refractivity contribution in [1.82, 2.24) is 10.2 Å². The zero-order valence-electron chi connectivity index (χ0n) is 15.7. The van der Waals surface area contributed by atoms with Crippen LogP contribution < -0.4 is 5.32 Å². The van der Waals surface area contributed by atoms with Crippen LogP contribution in [-0.2, 0) is 17.8 Å². The molecule has 1 aliphatic heterocycles. The third-order valence-electron chi connectivity index (χ3n) is 5.94. The van der Waals surface area contributed by atoms with Crippen molar-refractivity contribution in [2.45, 2.75) is 44.7 Å². The number of carbonyl (C=O) groups is 1. The maximum atomic E-state index is 12.8. The molecule has 4 heteroatoms. The van der Waals surface area contributed by atoms with Gasteiger partial charge in [-0.2, -0.15) is 0 Å². The van der Waals surface area contributed by atoms with Crippen molar-refractivity contribution < 1.29 is 4.79 Å². The Hall–Kier alpha value is -1.84. The quantitative estimate of drug-likeness (QED) is 0.827. The minimum absolute atomic E-state index is 0.134. The molecule has 0 aromatic heterocycles. The second-order valence-electron chi connectivity index (χ2n) is 7.83. The number of nitrogens with one attached hydrogen (secondary N) is 1. The van der Waals surface area contributed by atoms with Gasteiger partial charge in [-0.25, -0.2) is 0 Å². The second kappa shape index (κ2) is 8.45. The predicted molar refractivity (Wildman–Crippen MR) is 110 cm³/mol. The second-order valence-corrected chi connectivity index (χ2v) is 8.27. The van der Waals surface area contributed by atoms with Gasteiger partial charge < -0.3 is 5.32 Å². The minimum Gasteiger partial charge on any atom is -0.349 e. The highest BCUT2D eigenvalue weighted by Gasteiger charge is 2.28. The molecule has 1 aliphatic carbocycles. The number of hydrogen-bond donors (Lipinski definition) is 1. The van der Waals surface area contributed by atoms with E-state index >= 15 is 0 Å². The molecule has 0 bridgehead atoms. The van der Waals surface area contributed by atoms with Gasteiger partial charge in [-0.3, -0.25) is 9.69 Å². The maximum Gasteiger partial charge on any atom is 0.223 e. The summed E-state index contributed by atoms with van der Waals surface area (Å²) in [4.78, 5) is 15.3. The first-order valence-electron chi connectivity index (χ1n) is 10.0. The molecular formula is C23H27ClN2O. The minimum atomic E-state index is 0.134. The molecule has 0 radical (unpaired) electrons. The molecule has 4 rings (SSSR count). The number of rotatable bonds is 4. The summed E-state index contributed by atoms with van der Waals surface area (Å²) in [5.74, 6) is 0.369. The summed E-state index contributed by atoms with van der Waals surface area (Å²) >= 11 is 6.08. The molecule has 1 fully saturated rings. The topological polar surface area (TPSA) is 32.3 Å². The molecule has 142 valence electrons. The van der Waals surface area contributed by atoms with Gasteiger partial charge in [0.25, 0.3) is 0 Å². The molecule has 3 nitrogen and oxygen atoms in total. The summed E-state index contributed by atoms with van der Waals surface area (Å²) < 4.78 is 0. The highest BCUT2D eigenvalue weighted by molar-refractivity contribution is 6.30. The average Bonchev–Trinajstić information content (AvgIpc) is 2.69. The molecule has 1 N–H and O–H groups in total. The fourth-order valence-corrected chi connectivity index (χ4v) is 4.65. The van der Waals surface area contributed by atoms with E-state index in [1.54, 1.807) is 0 Å². The Morgan fingerprint density at radius 2 is 1.89 bits per heavy atom. The van der Waals surface area contributed by atoms with Gasteiger partial charge in [-0.15, -0.1) is 0 Å². The number of fused-ring (bicyclic) bond motifs is 1. The van der Waals surface area contributed by atoms with Crippen molar-refractivity contribution in [2.75, 3.05) is 13.1 Å². The lowest BCUT2D eigenvalue weighted by Crippen LogP contribution is -2.41. The predicted octanol–water partition coefficient (Wildman–Crippen LogP) is 4.75. The van der Waals surface area contributed by atoms with Crippen LogP contribution in [0.5, 0.6) is 0 Å². The lowest BCUT2D eigenvalue weighted by Gasteiger charge is -2.33. The average molecular weight is 383 g/mol. The monoisotopic (exact) mass is 382 g/mol. The number of halogens is 1. The summed E-state index contributed by atoms with van der Waals surface area (Å²) in [5, 5.41) is 4.13. The third kappa shape index (κ3) is 4.53. The van der Waals surface area contributed by atoms with Gasteiger partial charge >= 0.3 is 0 Å². The molecule has 0 spiro atoms. The van der Waals surface area contributed by atoms with Gasteiger partial charge in [0.15, 0.2) is 0 Å². The highest BCUT2D eigenvalue weighted by atomic mass is 35.5. The maximum absolute atomic E-state index is 12.8. The first-order valence-corrected chi connectivity index (χ1v) is 10.4.